The molecule has 1 aromatic carbocycles. The first kappa shape index (κ1) is 17.3. The molecule has 1 aliphatic rings. The largest absolute Gasteiger partial charge is 0.432 e. The minimum atomic E-state index is -2.98. The number of benzene rings is 1. The number of nitrogens with one attached hydrogen (secondary N) is 1. The highest BCUT2D eigenvalue weighted by Crippen LogP contribution is 2.31. The molecule has 1 aliphatic heterocycles. The normalized spacial score (nSPS) is 20.3. The molecule has 7 nitrogen and oxygen atoms in total. The minimum Gasteiger partial charge on any atom is -0.432 e. The Bertz CT molecular complexity index is 774. The Morgan fingerprint density at radius 2 is 2.24 bits per heavy atom. The second-order valence-electron chi connectivity index (χ2n) is 5.70. The lowest BCUT2D eigenvalue weighted by Crippen LogP contribution is -2.40. The summed E-state index contributed by atoms with van der Waals surface area (Å²) in [6.45, 7) is -3.13. The van der Waals surface area contributed by atoms with Crippen LogP contribution in [-0.4, -0.2) is 58.0 Å². The lowest BCUT2D eigenvalue weighted by molar-refractivity contribution is -0.0489. The molecular weight excluding hydrogens is 336 g/mol. The molecule has 1 fully saturated rings. The number of carbonyl (C=O) groups is 1. The second kappa shape index (κ2) is 7.16. The fourth-order valence-electron chi connectivity index (χ4n) is 2.95. The van der Waals surface area contributed by atoms with Crippen molar-refractivity contribution in [1.29, 1.82) is 0 Å². The van der Waals surface area contributed by atoms with Gasteiger partial charge in [-0.3, -0.25) is 4.98 Å². The molecule has 3 N–H and O–H groups in total. The molecule has 0 unspecified atom stereocenters. The molecule has 2 atom stereocenters. The number of halogens is 2. The van der Waals surface area contributed by atoms with Gasteiger partial charge in [-0.1, -0.05) is 0 Å². The van der Waals surface area contributed by atoms with Crippen LogP contribution in [0.5, 0.6) is 5.75 Å². The van der Waals surface area contributed by atoms with Gasteiger partial charge >= 0.3 is 12.6 Å². The fraction of sp³-hybridized carbons (Fsp3) is 0.375. The van der Waals surface area contributed by atoms with Crippen LogP contribution in [0, 0.1) is 0 Å². The van der Waals surface area contributed by atoms with E-state index in [9.17, 15) is 23.8 Å². The van der Waals surface area contributed by atoms with E-state index in [2.05, 4.69) is 15.0 Å². The maximum absolute atomic E-state index is 12.5. The lowest BCUT2D eigenvalue weighted by atomic mass is 10.1. The molecule has 0 saturated carbocycles. The summed E-state index contributed by atoms with van der Waals surface area (Å²) in [5.74, 6) is -0.0894. The van der Waals surface area contributed by atoms with Gasteiger partial charge in [0.15, 0.2) is 5.75 Å². The number of urea groups is 1. The zero-order valence-electron chi connectivity index (χ0n) is 13.1. The highest BCUT2D eigenvalue weighted by atomic mass is 19.3. The monoisotopic (exact) mass is 353 g/mol. The number of alkyl halides is 2. The third-order valence-corrected chi connectivity index (χ3v) is 4.05. The number of aliphatic hydroxyl groups excluding tert-OH is 2. The van der Waals surface area contributed by atoms with Crippen molar-refractivity contribution in [3.05, 3.63) is 30.5 Å². The topological polar surface area (TPSA) is 94.9 Å². The van der Waals surface area contributed by atoms with E-state index in [1.165, 1.54) is 23.2 Å². The highest BCUT2D eigenvalue weighted by Gasteiger charge is 2.34. The van der Waals surface area contributed by atoms with Crippen LogP contribution in [0.1, 0.15) is 6.42 Å². The average Bonchev–Trinajstić information content (AvgIpc) is 2.98. The fourth-order valence-corrected chi connectivity index (χ4v) is 2.95. The van der Waals surface area contributed by atoms with Crippen LogP contribution < -0.4 is 10.1 Å². The lowest BCUT2D eigenvalue weighted by Gasteiger charge is -2.23. The zero-order valence-corrected chi connectivity index (χ0v) is 13.1. The first-order chi connectivity index (χ1) is 12.0. The van der Waals surface area contributed by atoms with Gasteiger partial charge in [0.25, 0.3) is 0 Å². The van der Waals surface area contributed by atoms with Crippen molar-refractivity contribution < 1.29 is 28.5 Å². The van der Waals surface area contributed by atoms with Gasteiger partial charge < -0.3 is 25.2 Å². The van der Waals surface area contributed by atoms with E-state index in [-0.39, 0.29) is 24.4 Å². The van der Waals surface area contributed by atoms with E-state index in [1.54, 1.807) is 12.1 Å². The summed E-state index contributed by atoms with van der Waals surface area (Å²) < 4.78 is 29.5. The molecule has 25 heavy (non-hydrogen) atoms. The van der Waals surface area contributed by atoms with Crippen molar-refractivity contribution in [2.45, 2.75) is 25.2 Å². The molecule has 1 aromatic heterocycles. The van der Waals surface area contributed by atoms with Gasteiger partial charge in [0.2, 0.25) is 0 Å². The number of carbonyl (C=O) groups excluding carboxylic acids is 1. The first-order valence-electron chi connectivity index (χ1n) is 7.68. The molecular formula is C16H17F2N3O4. The van der Waals surface area contributed by atoms with Gasteiger partial charge in [-0.25, -0.2) is 4.79 Å². The van der Waals surface area contributed by atoms with Crippen molar-refractivity contribution in [3.63, 3.8) is 0 Å². The predicted molar refractivity (Wildman–Crippen MR) is 85.6 cm³/mol. The van der Waals surface area contributed by atoms with E-state index in [1.807, 2.05) is 0 Å². The van der Waals surface area contributed by atoms with Gasteiger partial charge in [0, 0.05) is 18.1 Å². The first-order valence-corrected chi connectivity index (χ1v) is 7.68. The Labute approximate surface area is 141 Å². The van der Waals surface area contributed by atoms with Crippen LogP contribution in [0.15, 0.2) is 30.5 Å². The quantitative estimate of drug-likeness (QED) is 0.779. The molecule has 2 aromatic rings. The van der Waals surface area contributed by atoms with Crippen LogP contribution >= 0.6 is 0 Å². The number of pyridine rings is 1. The van der Waals surface area contributed by atoms with Crippen LogP contribution in [0.3, 0.4) is 0 Å². The van der Waals surface area contributed by atoms with Gasteiger partial charge in [0.1, 0.15) is 5.52 Å². The van der Waals surface area contributed by atoms with Crippen molar-refractivity contribution in [1.82, 2.24) is 9.88 Å². The molecule has 2 heterocycles. The van der Waals surface area contributed by atoms with E-state index in [0.717, 1.165) is 0 Å². The smallest absolute Gasteiger partial charge is 0.387 e. The summed E-state index contributed by atoms with van der Waals surface area (Å²) in [4.78, 5) is 17.8. The minimum absolute atomic E-state index is 0.0894. The number of likely N-dealkylation sites (tertiary alicyclic amines) is 1. The van der Waals surface area contributed by atoms with E-state index in [0.29, 0.717) is 17.5 Å². The summed E-state index contributed by atoms with van der Waals surface area (Å²) in [6.07, 6.45) is 1.04. The maximum Gasteiger partial charge on any atom is 0.387 e. The SMILES string of the molecule is O=C(Nc1ccc(OC(F)F)c2ncccc12)N1C[C@@H](O)C[C@H]1CO. The standard InChI is InChI=1S/C16H17F2N3O4/c17-15(18)25-13-4-3-12(11-2-1-5-19-14(11)13)20-16(24)21-7-10(23)6-9(21)8-22/h1-5,9-10,15,22-23H,6-8H2,(H,20,24)/t9-,10-/m0/s1. The molecule has 1 saturated heterocycles. The van der Waals surface area contributed by atoms with Crippen LogP contribution in [-0.2, 0) is 0 Å². The van der Waals surface area contributed by atoms with Crippen LogP contribution in [0.25, 0.3) is 10.9 Å². The van der Waals surface area contributed by atoms with Crippen molar-refractivity contribution in [2.24, 2.45) is 0 Å². The number of nitrogens with zero attached hydrogens (tertiary/aromatic N) is 2. The average molecular weight is 353 g/mol. The Morgan fingerprint density at radius 3 is 2.96 bits per heavy atom. The van der Waals surface area contributed by atoms with Gasteiger partial charge in [-0.05, 0) is 30.7 Å². The number of β-amino-alcohol motifs (C(OH)–C–C–N with tert-alkyl or cyclic N) is 1. The summed E-state index contributed by atoms with van der Waals surface area (Å²) in [5.41, 5.74) is 0.563. The number of amides is 2. The second-order valence-corrected chi connectivity index (χ2v) is 5.70. The van der Waals surface area contributed by atoms with Gasteiger partial charge in [-0.15, -0.1) is 0 Å². The highest BCUT2D eigenvalue weighted by molar-refractivity contribution is 6.02. The van der Waals surface area contributed by atoms with E-state index in [4.69, 9.17) is 0 Å². The number of hydrogen-bond donors (Lipinski definition) is 3. The molecule has 134 valence electrons. The van der Waals surface area contributed by atoms with Crippen molar-refractivity contribution in [2.75, 3.05) is 18.5 Å². The molecule has 2 amide bonds. The zero-order chi connectivity index (χ0) is 18.0. The number of aromatic nitrogens is 1. The molecule has 0 bridgehead atoms. The third-order valence-electron chi connectivity index (χ3n) is 4.05. The predicted octanol–water partition coefficient (Wildman–Crippen LogP) is 1.80. The number of hydrogen-bond acceptors (Lipinski definition) is 5. The van der Waals surface area contributed by atoms with Gasteiger partial charge in [-0.2, -0.15) is 8.78 Å². The summed E-state index contributed by atoms with van der Waals surface area (Å²) in [5, 5.41) is 22.1. The Morgan fingerprint density at radius 1 is 1.44 bits per heavy atom. The molecule has 3 rings (SSSR count). The number of fused-ring (bicyclic) bond motifs is 1. The summed E-state index contributed by atoms with van der Waals surface area (Å²) in [7, 11) is 0. The van der Waals surface area contributed by atoms with Gasteiger partial charge in [0.05, 0.1) is 24.4 Å². The van der Waals surface area contributed by atoms with Crippen molar-refractivity contribution in [3.8, 4) is 5.75 Å². The maximum atomic E-state index is 12.5. The number of anilines is 1. The third kappa shape index (κ3) is 3.62. The van der Waals surface area contributed by atoms with E-state index < -0.39 is 24.8 Å². The van der Waals surface area contributed by atoms with E-state index >= 15 is 0 Å². The Kier molecular flexibility index (Phi) is 4.95. The molecule has 0 radical (unpaired) electrons. The Balaban J connectivity index is 1.88. The number of aliphatic hydroxyl groups is 2. The Hall–Kier alpha value is -2.52. The van der Waals surface area contributed by atoms with Crippen LogP contribution in [0.4, 0.5) is 19.3 Å². The molecule has 0 aliphatic carbocycles. The summed E-state index contributed by atoms with van der Waals surface area (Å²) >= 11 is 0. The number of ether oxygens (including phenoxy) is 1. The summed E-state index contributed by atoms with van der Waals surface area (Å²) in [6, 6.07) is 5.02. The molecule has 0 spiro atoms. The number of rotatable bonds is 4. The molecule has 9 heteroatoms. The van der Waals surface area contributed by atoms with Crippen molar-refractivity contribution >= 4 is 22.6 Å². The van der Waals surface area contributed by atoms with Crippen LogP contribution in [0.2, 0.25) is 0 Å².